The number of anilines is 3. The highest BCUT2D eigenvalue weighted by Gasteiger charge is 2.16. The molecule has 0 bridgehead atoms. The van der Waals surface area contributed by atoms with E-state index in [1.807, 2.05) is 19.0 Å². The molecule has 1 aliphatic heterocycles. The van der Waals surface area contributed by atoms with Crippen molar-refractivity contribution in [1.29, 1.82) is 0 Å². The molecule has 0 aromatic carbocycles. The molecule has 2 heterocycles. The Morgan fingerprint density at radius 3 is 2.53 bits per heavy atom. The maximum atomic E-state index is 5.37. The second-order valence-electron chi connectivity index (χ2n) is 4.03. The van der Waals surface area contributed by atoms with Crippen molar-refractivity contribution in [2.75, 3.05) is 55.5 Å². The van der Waals surface area contributed by atoms with Gasteiger partial charge in [0, 0.05) is 40.3 Å². The predicted molar refractivity (Wildman–Crippen MR) is 67.0 cm³/mol. The molecule has 1 aromatic heterocycles. The van der Waals surface area contributed by atoms with E-state index in [9.17, 15) is 0 Å². The summed E-state index contributed by atoms with van der Waals surface area (Å²) in [6.45, 7) is 3.66. The quantitative estimate of drug-likeness (QED) is 0.439. The molecular formula is C9H18N8. The fraction of sp³-hybridized carbons (Fsp3) is 0.667. The van der Waals surface area contributed by atoms with Gasteiger partial charge in [-0.25, -0.2) is 5.84 Å². The van der Waals surface area contributed by atoms with Crippen LogP contribution in [0.4, 0.5) is 17.8 Å². The minimum Gasteiger partial charge on any atom is -0.347 e. The molecule has 17 heavy (non-hydrogen) atoms. The number of nitrogens with zero attached hydrogens (tertiary/aromatic N) is 5. The van der Waals surface area contributed by atoms with Gasteiger partial charge in [0.05, 0.1) is 0 Å². The topological polar surface area (TPSA) is 95.2 Å². The molecule has 8 heteroatoms. The average molecular weight is 238 g/mol. The summed E-state index contributed by atoms with van der Waals surface area (Å²) in [5.41, 5.74) is 2.47. The molecule has 0 amide bonds. The van der Waals surface area contributed by atoms with Crippen LogP contribution in [-0.2, 0) is 0 Å². The van der Waals surface area contributed by atoms with E-state index in [-0.39, 0.29) is 0 Å². The van der Waals surface area contributed by atoms with Crippen molar-refractivity contribution in [1.82, 2.24) is 20.3 Å². The summed E-state index contributed by atoms with van der Waals surface area (Å²) in [5, 5.41) is 3.29. The number of piperazine rings is 1. The summed E-state index contributed by atoms with van der Waals surface area (Å²) in [6.07, 6.45) is 0. The van der Waals surface area contributed by atoms with Crippen molar-refractivity contribution in [2.24, 2.45) is 5.84 Å². The largest absolute Gasteiger partial charge is 0.347 e. The Kier molecular flexibility index (Phi) is 3.55. The summed E-state index contributed by atoms with van der Waals surface area (Å²) in [6, 6.07) is 0. The second kappa shape index (κ2) is 5.11. The first-order valence-corrected chi connectivity index (χ1v) is 5.56. The summed E-state index contributed by atoms with van der Waals surface area (Å²) in [7, 11) is 3.77. The molecule has 8 nitrogen and oxygen atoms in total. The molecule has 1 saturated heterocycles. The Hall–Kier alpha value is -1.67. The number of nitrogens with one attached hydrogen (secondary N) is 2. The summed E-state index contributed by atoms with van der Waals surface area (Å²) >= 11 is 0. The van der Waals surface area contributed by atoms with Crippen molar-refractivity contribution in [3.8, 4) is 0 Å². The van der Waals surface area contributed by atoms with Crippen molar-refractivity contribution in [2.45, 2.75) is 0 Å². The molecule has 0 aliphatic carbocycles. The first-order valence-electron chi connectivity index (χ1n) is 5.56. The van der Waals surface area contributed by atoms with Crippen LogP contribution in [0, 0.1) is 0 Å². The average Bonchev–Trinajstić information content (AvgIpc) is 2.39. The fourth-order valence-electron chi connectivity index (χ4n) is 1.62. The zero-order valence-corrected chi connectivity index (χ0v) is 10.1. The molecular weight excluding hydrogens is 220 g/mol. The Bertz CT molecular complexity index is 373. The molecule has 0 atom stereocenters. The van der Waals surface area contributed by atoms with Crippen LogP contribution < -0.4 is 26.4 Å². The second-order valence-corrected chi connectivity index (χ2v) is 4.03. The first-order chi connectivity index (χ1) is 8.20. The normalized spacial score (nSPS) is 15.8. The minimum absolute atomic E-state index is 0.386. The van der Waals surface area contributed by atoms with Crippen LogP contribution >= 0.6 is 0 Å². The van der Waals surface area contributed by atoms with Gasteiger partial charge < -0.3 is 15.1 Å². The zero-order chi connectivity index (χ0) is 12.3. The summed E-state index contributed by atoms with van der Waals surface area (Å²) in [5.74, 6) is 7.02. The van der Waals surface area contributed by atoms with Crippen LogP contribution in [0.15, 0.2) is 0 Å². The van der Waals surface area contributed by atoms with Gasteiger partial charge in [0.2, 0.25) is 17.8 Å². The molecule has 1 aromatic rings. The van der Waals surface area contributed by atoms with Crippen LogP contribution in [0.1, 0.15) is 0 Å². The summed E-state index contributed by atoms with van der Waals surface area (Å²) in [4.78, 5) is 16.8. The van der Waals surface area contributed by atoms with Crippen LogP contribution in [0.2, 0.25) is 0 Å². The van der Waals surface area contributed by atoms with Crippen LogP contribution in [0.5, 0.6) is 0 Å². The van der Waals surface area contributed by atoms with Gasteiger partial charge in [0.15, 0.2) is 0 Å². The number of rotatable bonds is 3. The standard InChI is InChI=1S/C9H18N8/c1-16(2)8-12-7(15-10)13-9(14-8)17-5-3-11-4-6-17/h11H,3-6,10H2,1-2H3,(H,12,13,14,15). The number of nitrogen functional groups attached to an aromatic ring is 1. The SMILES string of the molecule is CN(C)c1nc(NN)nc(N2CCNCC2)n1. The van der Waals surface area contributed by atoms with E-state index in [4.69, 9.17) is 5.84 Å². The molecule has 2 rings (SSSR count). The molecule has 0 saturated carbocycles. The molecule has 1 aliphatic rings. The van der Waals surface area contributed by atoms with Crippen molar-refractivity contribution < 1.29 is 0 Å². The Morgan fingerprint density at radius 2 is 1.94 bits per heavy atom. The number of aromatic nitrogens is 3. The summed E-state index contributed by atoms with van der Waals surface area (Å²) < 4.78 is 0. The highest BCUT2D eigenvalue weighted by Crippen LogP contribution is 2.14. The molecule has 0 radical (unpaired) electrons. The lowest BCUT2D eigenvalue weighted by Crippen LogP contribution is -2.44. The van der Waals surface area contributed by atoms with E-state index in [1.165, 1.54) is 0 Å². The van der Waals surface area contributed by atoms with Crippen LogP contribution in [0.25, 0.3) is 0 Å². The maximum absolute atomic E-state index is 5.37. The minimum atomic E-state index is 0.386. The van der Waals surface area contributed by atoms with E-state index >= 15 is 0 Å². The van der Waals surface area contributed by atoms with Gasteiger partial charge in [-0.15, -0.1) is 0 Å². The Balaban J connectivity index is 2.28. The number of nitrogens with two attached hydrogens (primary N) is 1. The fourth-order valence-corrected chi connectivity index (χ4v) is 1.62. The highest BCUT2D eigenvalue weighted by atomic mass is 15.4. The van der Waals surface area contributed by atoms with Gasteiger partial charge in [-0.05, 0) is 0 Å². The van der Waals surface area contributed by atoms with E-state index < -0.39 is 0 Å². The van der Waals surface area contributed by atoms with E-state index in [0.29, 0.717) is 17.8 Å². The molecule has 0 unspecified atom stereocenters. The zero-order valence-electron chi connectivity index (χ0n) is 10.1. The molecule has 4 N–H and O–H groups in total. The van der Waals surface area contributed by atoms with E-state index in [0.717, 1.165) is 26.2 Å². The van der Waals surface area contributed by atoms with Gasteiger partial charge in [-0.1, -0.05) is 0 Å². The lowest BCUT2D eigenvalue weighted by Gasteiger charge is -2.28. The lowest BCUT2D eigenvalue weighted by molar-refractivity contribution is 0.579. The third-order valence-electron chi connectivity index (χ3n) is 2.54. The van der Waals surface area contributed by atoms with Gasteiger partial charge in [0.1, 0.15) is 0 Å². The predicted octanol–water partition coefficient (Wildman–Crippen LogP) is -1.37. The molecule has 94 valence electrons. The van der Waals surface area contributed by atoms with Gasteiger partial charge in [-0.2, -0.15) is 15.0 Å². The van der Waals surface area contributed by atoms with Crippen LogP contribution in [0.3, 0.4) is 0 Å². The number of hydrazine groups is 1. The third kappa shape index (κ3) is 2.71. The monoisotopic (exact) mass is 238 g/mol. The lowest BCUT2D eigenvalue weighted by atomic mass is 10.4. The molecule has 0 spiro atoms. The van der Waals surface area contributed by atoms with Crippen molar-refractivity contribution >= 4 is 17.8 Å². The van der Waals surface area contributed by atoms with Crippen molar-refractivity contribution in [3.05, 3.63) is 0 Å². The maximum Gasteiger partial charge on any atom is 0.243 e. The van der Waals surface area contributed by atoms with Crippen molar-refractivity contribution in [3.63, 3.8) is 0 Å². The van der Waals surface area contributed by atoms with E-state index in [2.05, 4.69) is 30.6 Å². The van der Waals surface area contributed by atoms with Crippen LogP contribution in [-0.4, -0.2) is 55.2 Å². The molecule has 1 fully saturated rings. The third-order valence-corrected chi connectivity index (χ3v) is 2.54. The van der Waals surface area contributed by atoms with E-state index in [1.54, 1.807) is 0 Å². The van der Waals surface area contributed by atoms with Gasteiger partial charge in [-0.3, -0.25) is 5.43 Å². The number of hydrogen-bond donors (Lipinski definition) is 3. The van der Waals surface area contributed by atoms with Gasteiger partial charge >= 0.3 is 0 Å². The Morgan fingerprint density at radius 1 is 1.24 bits per heavy atom. The van der Waals surface area contributed by atoms with Gasteiger partial charge in [0.25, 0.3) is 0 Å². The smallest absolute Gasteiger partial charge is 0.243 e. The number of hydrogen-bond acceptors (Lipinski definition) is 8. The Labute approximate surface area is 100 Å². The highest BCUT2D eigenvalue weighted by molar-refractivity contribution is 5.44. The first kappa shape index (κ1) is 11.8.